The lowest BCUT2D eigenvalue weighted by Crippen LogP contribution is -2.33. The van der Waals surface area contributed by atoms with Crippen molar-refractivity contribution in [3.8, 4) is 0 Å². The predicted octanol–water partition coefficient (Wildman–Crippen LogP) is 3.34. The Balaban J connectivity index is 1.67. The van der Waals surface area contributed by atoms with Crippen molar-refractivity contribution in [3.05, 3.63) is 34.9 Å². The zero-order chi connectivity index (χ0) is 15.7. The molecule has 1 aliphatic heterocycles. The number of hydrogen-bond donors (Lipinski definition) is 0. The lowest BCUT2D eigenvalue weighted by atomic mass is 9.93. The van der Waals surface area contributed by atoms with Crippen molar-refractivity contribution in [2.75, 3.05) is 13.1 Å². The molecule has 1 aromatic rings. The summed E-state index contributed by atoms with van der Waals surface area (Å²) in [6.45, 7) is 9.15. The minimum absolute atomic E-state index is 0.124. The van der Waals surface area contributed by atoms with Crippen LogP contribution in [0.15, 0.2) is 18.2 Å². The fourth-order valence-electron chi connectivity index (χ4n) is 3.27. The quantitative estimate of drug-likeness (QED) is 0.799. The zero-order valence-electron chi connectivity index (χ0n) is 14.0. The number of hydrogen-bond acceptors (Lipinski definition) is 3. The van der Waals surface area contributed by atoms with Crippen LogP contribution in [0.2, 0.25) is 0 Å². The van der Waals surface area contributed by atoms with Gasteiger partial charge in [-0.25, -0.2) is 0 Å². The molecule has 3 nitrogen and oxygen atoms in total. The Morgan fingerprint density at radius 1 is 1.32 bits per heavy atom. The molecule has 0 unspecified atom stereocenters. The minimum Gasteiger partial charge on any atom is -0.460 e. The minimum atomic E-state index is -0.410. The van der Waals surface area contributed by atoms with Gasteiger partial charge in [0.05, 0.1) is 6.42 Å². The number of nitrogens with zero attached hydrogens (tertiary/aromatic N) is 1. The van der Waals surface area contributed by atoms with Crippen LogP contribution in [-0.2, 0) is 28.9 Å². The van der Waals surface area contributed by atoms with Gasteiger partial charge in [0.2, 0.25) is 0 Å². The topological polar surface area (TPSA) is 29.5 Å². The van der Waals surface area contributed by atoms with Crippen LogP contribution >= 0.6 is 0 Å². The van der Waals surface area contributed by atoms with E-state index in [2.05, 4.69) is 23.1 Å². The van der Waals surface area contributed by atoms with Crippen molar-refractivity contribution in [2.45, 2.75) is 58.6 Å². The van der Waals surface area contributed by atoms with Crippen LogP contribution < -0.4 is 0 Å². The standard InChI is InChI=1S/C19H27NO2/c1-19(2,3)22-18(21)11-15-5-4-6-16-13-20(10-9-17(15)16)12-14-7-8-14/h4-6,14H,7-13H2,1-3H3. The first-order chi connectivity index (χ1) is 10.4. The van der Waals surface area contributed by atoms with E-state index in [1.165, 1.54) is 30.5 Å². The first kappa shape index (κ1) is 15.5. The SMILES string of the molecule is CC(C)(C)OC(=O)Cc1cccc2c1CCN(CC1CC1)C2. The maximum atomic E-state index is 12.1. The van der Waals surface area contributed by atoms with Gasteiger partial charge in [0, 0.05) is 19.6 Å². The number of carbonyl (C=O) groups is 1. The molecule has 22 heavy (non-hydrogen) atoms. The van der Waals surface area contributed by atoms with Crippen molar-refractivity contribution in [1.29, 1.82) is 0 Å². The van der Waals surface area contributed by atoms with Gasteiger partial charge in [-0.3, -0.25) is 9.69 Å². The lowest BCUT2D eigenvalue weighted by Gasteiger charge is -2.30. The van der Waals surface area contributed by atoms with Gasteiger partial charge in [-0.1, -0.05) is 18.2 Å². The number of esters is 1. The Hall–Kier alpha value is -1.35. The van der Waals surface area contributed by atoms with E-state index >= 15 is 0 Å². The maximum Gasteiger partial charge on any atom is 0.310 e. The van der Waals surface area contributed by atoms with Crippen molar-refractivity contribution < 1.29 is 9.53 Å². The van der Waals surface area contributed by atoms with Gasteiger partial charge >= 0.3 is 5.97 Å². The van der Waals surface area contributed by atoms with Gasteiger partial charge < -0.3 is 4.74 Å². The monoisotopic (exact) mass is 301 g/mol. The van der Waals surface area contributed by atoms with Crippen molar-refractivity contribution >= 4 is 5.97 Å². The summed E-state index contributed by atoms with van der Waals surface area (Å²) in [5.41, 5.74) is 3.51. The van der Waals surface area contributed by atoms with Crippen LogP contribution in [0.5, 0.6) is 0 Å². The van der Waals surface area contributed by atoms with E-state index in [-0.39, 0.29) is 5.97 Å². The lowest BCUT2D eigenvalue weighted by molar-refractivity contribution is -0.153. The van der Waals surface area contributed by atoms with E-state index in [4.69, 9.17) is 4.74 Å². The highest BCUT2D eigenvalue weighted by atomic mass is 16.6. The van der Waals surface area contributed by atoms with Crippen LogP contribution in [0.1, 0.15) is 50.3 Å². The molecule has 0 N–H and O–H groups in total. The summed E-state index contributed by atoms with van der Waals surface area (Å²) < 4.78 is 5.47. The fraction of sp³-hybridized carbons (Fsp3) is 0.632. The average molecular weight is 301 g/mol. The number of rotatable bonds is 4. The molecule has 1 aromatic carbocycles. The molecule has 3 heteroatoms. The van der Waals surface area contributed by atoms with Crippen molar-refractivity contribution in [2.24, 2.45) is 5.92 Å². The molecular weight excluding hydrogens is 274 g/mol. The first-order valence-electron chi connectivity index (χ1n) is 8.44. The molecule has 0 radical (unpaired) electrons. The fourth-order valence-corrected chi connectivity index (χ4v) is 3.27. The first-order valence-corrected chi connectivity index (χ1v) is 8.44. The Morgan fingerprint density at radius 2 is 2.09 bits per heavy atom. The summed E-state index contributed by atoms with van der Waals surface area (Å²) in [6, 6.07) is 6.38. The predicted molar refractivity (Wildman–Crippen MR) is 87.7 cm³/mol. The molecule has 1 fully saturated rings. The second-order valence-electron chi connectivity index (χ2n) is 7.75. The van der Waals surface area contributed by atoms with E-state index in [0.717, 1.165) is 31.0 Å². The number of carbonyl (C=O) groups excluding carboxylic acids is 1. The smallest absolute Gasteiger partial charge is 0.310 e. The number of benzene rings is 1. The Labute approximate surface area is 133 Å². The van der Waals surface area contributed by atoms with Gasteiger partial charge in [0.25, 0.3) is 0 Å². The molecule has 1 heterocycles. The largest absolute Gasteiger partial charge is 0.460 e. The molecule has 120 valence electrons. The number of ether oxygens (including phenoxy) is 1. The summed E-state index contributed by atoms with van der Waals surface area (Å²) in [7, 11) is 0. The van der Waals surface area contributed by atoms with Crippen molar-refractivity contribution in [3.63, 3.8) is 0 Å². The molecule has 1 aliphatic carbocycles. The third-order valence-corrected chi connectivity index (χ3v) is 4.41. The van der Waals surface area contributed by atoms with Crippen LogP contribution in [0, 0.1) is 5.92 Å². The third kappa shape index (κ3) is 4.10. The van der Waals surface area contributed by atoms with Gasteiger partial charge in [-0.2, -0.15) is 0 Å². The van der Waals surface area contributed by atoms with E-state index < -0.39 is 5.60 Å². The van der Waals surface area contributed by atoms with Gasteiger partial charge in [-0.05, 0) is 62.6 Å². The van der Waals surface area contributed by atoms with E-state index in [0.29, 0.717) is 6.42 Å². The molecule has 0 spiro atoms. The van der Waals surface area contributed by atoms with Crippen LogP contribution in [0.25, 0.3) is 0 Å². The zero-order valence-corrected chi connectivity index (χ0v) is 14.0. The summed E-state index contributed by atoms with van der Waals surface area (Å²) in [5.74, 6) is 0.813. The highest BCUT2D eigenvalue weighted by Crippen LogP contribution is 2.32. The summed E-state index contributed by atoms with van der Waals surface area (Å²) >= 11 is 0. The Bertz CT molecular complexity index is 555. The Kier molecular flexibility index (Phi) is 4.26. The Morgan fingerprint density at radius 3 is 2.77 bits per heavy atom. The second-order valence-corrected chi connectivity index (χ2v) is 7.75. The van der Waals surface area contributed by atoms with Gasteiger partial charge in [0.1, 0.15) is 5.60 Å². The molecule has 0 amide bonds. The summed E-state index contributed by atoms with van der Waals surface area (Å²) in [6.07, 6.45) is 4.26. The van der Waals surface area contributed by atoms with Gasteiger partial charge in [-0.15, -0.1) is 0 Å². The normalized spacial score (nSPS) is 18.9. The van der Waals surface area contributed by atoms with E-state index in [1.807, 2.05) is 20.8 Å². The highest BCUT2D eigenvalue weighted by Gasteiger charge is 2.27. The molecule has 3 rings (SSSR count). The molecule has 0 bridgehead atoms. The second kappa shape index (κ2) is 6.04. The van der Waals surface area contributed by atoms with Gasteiger partial charge in [0.15, 0.2) is 0 Å². The molecule has 0 saturated heterocycles. The van der Waals surface area contributed by atoms with E-state index in [9.17, 15) is 4.79 Å². The molecule has 0 aromatic heterocycles. The molecule has 2 aliphatic rings. The molecular formula is C19H27NO2. The third-order valence-electron chi connectivity index (χ3n) is 4.41. The average Bonchev–Trinajstić information content (AvgIpc) is 3.20. The van der Waals surface area contributed by atoms with Crippen LogP contribution in [0.4, 0.5) is 0 Å². The molecule has 1 saturated carbocycles. The van der Waals surface area contributed by atoms with Crippen LogP contribution in [-0.4, -0.2) is 29.6 Å². The van der Waals surface area contributed by atoms with Crippen molar-refractivity contribution in [1.82, 2.24) is 4.90 Å². The highest BCUT2D eigenvalue weighted by molar-refractivity contribution is 5.73. The summed E-state index contributed by atoms with van der Waals surface area (Å²) in [5, 5.41) is 0. The summed E-state index contributed by atoms with van der Waals surface area (Å²) in [4.78, 5) is 14.7. The van der Waals surface area contributed by atoms with E-state index in [1.54, 1.807) is 0 Å². The maximum absolute atomic E-state index is 12.1. The number of fused-ring (bicyclic) bond motifs is 1. The van der Waals surface area contributed by atoms with Crippen LogP contribution in [0.3, 0.4) is 0 Å². The molecule has 0 atom stereocenters.